The van der Waals surface area contributed by atoms with Gasteiger partial charge in [0.2, 0.25) is 0 Å². The molecule has 1 aromatic heterocycles. The largest absolute Gasteiger partial charge is 0.192 e. The third-order valence-electron chi connectivity index (χ3n) is 1.62. The summed E-state index contributed by atoms with van der Waals surface area (Å²) in [6.45, 7) is 2.17. The summed E-state index contributed by atoms with van der Waals surface area (Å²) in [5.74, 6) is 0. The fourth-order valence-electron chi connectivity index (χ4n) is 0.971. The van der Waals surface area contributed by atoms with Crippen LogP contribution < -0.4 is 0 Å². The van der Waals surface area contributed by atoms with Crippen molar-refractivity contribution in [2.45, 2.75) is 26.2 Å². The maximum absolute atomic E-state index is 8.66. The van der Waals surface area contributed by atoms with Gasteiger partial charge in [-0.2, -0.15) is 5.26 Å². The summed E-state index contributed by atoms with van der Waals surface area (Å²) in [7, 11) is 0. The second-order valence-electron chi connectivity index (χ2n) is 2.47. The summed E-state index contributed by atoms with van der Waals surface area (Å²) in [6, 6.07) is 4.09. The lowest BCUT2D eigenvalue weighted by molar-refractivity contribution is 0.803. The van der Waals surface area contributed by atoms with Crippen LogP contribution in [-0.4, -0.2) is 0 Å². The van der Waals surface area contributed by atoms with Crippen molar-refractivity contribution >= 4 is 11.3 Å². The van der Waals surface area contributed by atoms with Crippen LogP contribution in [-0.2, 0) is 6.42 Å². The zero-order chi connectivity index (χ0) is 8.10. The second-order valence-corrected chi connectivity index (χ2v) is 3.47. The molecule has 11 heavy (non-hydrogen) atoms. The quantitative estimate of drug-likeness (QED) is 0.675. The van der Waals surface area contributed by atoms with Gasteiger partial charge in [-0.1, -0.05) is 13.3 Å². The summed E-state index contributed by atoms with van der Waals surface area (Å²) >= 11 is 1.69. The van der Waals surface area contributed by atoms with Crippen LogP contribution in [0.1, 0.15) is 30.2 Å². The molecule has 1 nitrogen and oxygen atoms in total. The lowest BCUT2D eigenvalue weighted by Crippen LogP contribution is -1.82. The number of aryl methyl sites for hydroxylation is 1. The normalized spacial score (nSPS) is 9.45. The lowest BCUT2D eigenvalue weighted by Gasteiger charge is -1.93. The Balaban J connectivity index is 2.63. The Labute approximate surface area is 71.3 Å². The highest BCUT2D eigenvalue weighted by atomic mass is 32.1. The summed E-state index contributed by atoms with van der Waals surface area (Å²) in [6.07, 6.45) is 3.45. The Morgan fingerprint density at radius 3 is 3.09 bits per heavy atom. The summed E-state index contributed by atoms with van der Waals surface area (Å²) in [5, 5.41) is 10.7. The van der Waals surface area contributed by atoms with Crippen molar-refractivity contribution in [2.24, 2.45) is 0 Å². The van der Waals surface area contributed by atoms with Crippen molar-refractivity contribution < 1.29 is 0 Å². The van der Waals surface area contributed by atoms with E-state index in [1.807, 2.05) is 11.4 Å². The third-order valence-corrected chi connectivity index (χ3v) is 2.60. The van der Waals surface area contributed by atoms with E-state index in [2.05, 4.69) is 13.0 Å². The molecule has 1 heterocycles. The monoisotopic (exact) mass is 165 g/mol. The first kappa shape index (κ1) is 8.29. The molecule has 0 aliphatic rings. The van der Waals surface area contributed by atoms with Crippen molar-refractivity contribution in [2.75, 3.05) is 0 Å². The van der Waals surface area contributed by atoms with Gasteiger partial charge in [0.25, 0.3) is 0 Å². The van der Waals surface area contributed by atoms with Crippen molar-refractivity contribution in [3.8, 4) is 6.07 Å². The van der Waals surface area contributed by atoms with E-state index >= 15 is 0 Å². The number of rotatable bonds is 3. The van der Waals surface area contributed by atoms with Crippen molar-refractivity contribution in [3.63, 3.8) is 0 Å². The van der Waals surface area contributed by atoms with Gasteiger partial charge in [-0.25, -0.2) is 0 Å². The molecule has 1 aromatic rings. The summed E-state index contributed by atoms with van der Waals surface area (Å²) in [4.78, 5) is 1.24. The van der Waals surface area contributed by atoms with Gasteiger partial charge < -0.3 is 0 Å². The molecule has 0 amide bonds. The predicted octanol–water partition coefficient (Wildman–Crippen LogP) is 2.96. The number of nitrogens with zero attached hydrogens (tertiary/aromatic N) is 1. The molecule has 2 heteroatoms. The van der Waals surface area contributed by atoms with Crippen LogP contribution in [0.3, 0.4) is 0 Å². The van der Waals surface area contributed by atoms with Crippen LogP contribution in [0.2, 0.25) is 0 Å². The van der Waals surface area contributed by atoms with E-state index in [1.54, 1.807) is 11.3 Å². The van der Waals surface area contributed by atoms with E-state index in [4.69, 9.17) is 5.26 Å². The van der Waals surface area contributed by atoms with Gasteiger partial charge in [0.15, 0.2) is 0 Å². The smallest absolute Gasteiger partial charge is 0.100 e. The van der Waals surface area contributed by atoms with Gasteiger partial charge in [-0.3, -0.25) is 0 Å². The molecule has 0 bridgehead atoms. The molecule has 0 radical (unpaired) electrons. The molecule has 0 spiro atoms. The van der Waals surface area contributed by atoms with E-state index < -0.39 is 0 Å². The van der Waals surface area contributed by atoms with E-state index in [1.165, 1.54) is 17.7 Å². The molecule has 1 rings (SSSR count). The van der Waals surface area contributed by atoms with Crippen molar-refractivity contribution in [1.82, 2.24) is 0 Å². The van der Waals surface area contributed by atoms with Crippen molar-refractivity contribution in [3.05, 3.63) is 21.9 Å². The van der Waals surface area contributed by atoms with Crippen LogP contribution >= 0.6 is 11.3 Å². The van der Waals surface area contributed by atoms with E-state index in [-0.39, 0.29) is 0 Å². The van der Waals surface area contributed by atoms with Crippen molar-refractivity contribution in [1.29, 1.82) is 5.26 Å². The number of hydrogen-bond donors (Lipinski definition) is 0. The Kier molecular flexibility index (Phi) is 3.13. The molecule has 0 aliphatic heterocycles. The minimum atomic E-state index is 0.864. The van der Waals surface area contributed by atoms with E-state index in [9.17, 15) is 0 Å². The third kappa shape index (κ3) is 2.06. The topological polar surface area (TPSA) is 23.8 Å². The minimum absolute atomic E-state index is 0.864. The average Bonchev–Trinajstić information content (AvgIpc) is 2.47. The average molecular weight is 165 g/mol. The number of nitriles is 1. The highest BCUT2D eigenvalue weighted by Gasteiger charge is 2.01. The van der Waals surface area contributed by atoms with Crippen LogP contribution in [0.5, 0.6) is 0 Å². The highest BCUT2D eigenvalue weighted by molar-refractivity contribution is 7.10. The maximum atomic E-state index is 8.66. The predicted molar refractivity (Wildman–Crippen MR) is 47.6 cm³/mol. The Morgan fingerprint density at radius 2 is 2.45 bits per heavy atom. The van der Waals surface area contributed by atoms with E-state index in [0.717, 1.165) is 12.0 Å². The molecule has 0 unspecified atom stereocenters. The molecule has 0 N–H and O–H groups in total. The molecular weight excluding hydrogens is 154 g/mol. The molecule has 0 aromatic carbocycles. The fourth-order valence-corrected chi connectivity index (χ4v) is 1.84. The molecule has 0 aliphatic carbocycles. The van der Waals surface area contributed by atoms with Crippen LogP contribution in [0.15, 0.2) is 11.4 Å². The SMILES string of the molecule is CCCCc1sccc1C#N. The van der Waals surface area contributed by atoms with E-state index in [0.29, 0.717) is 0 Å². The first-order valence-corrected chi connectivity index (χ1v) is 4.73. The maximum Gasteiger partial charge on any atom is 0.100 e. The standard InChI is InChI=1S/C9H11NS/c1-2-3-4-9-8(7-10)5-6-11-9/h5-6H,2-4H2,1H3. The van der Waals surface area contributed by atoms with Gasteiger partial charge in [-0.15, -0.1) is 11.3 Å². The Hall–Kier alpha value is -0.810. The van der Waals surface area contributed by atoms with Gasteiger partial charge in [0, 0.05) is 4.88 Å². The van der Waals surface area contributed by atoms with Gasteiger partial charge >= 0.3 is 0 Å². The van der Waals surface area contributed by atoms with Crippen LogP contribution in [0, 0.1) is 11.3 Å². The zero-order valence-corrected chi connectivity index (χ0v) is 7.45. The second kappa shape index (κ2) is 4.15. The summed E-state index contributed by atoms with van der Waals surface area (Å²) < 4.78 is 0. The number of thiophene rings is 1. The molecule has 58 valence electrons. The number of hydrogen-bond acceptors (Lipinski definition) is 2. The van der Waals surface area contributed by atoms with Gasteiger partial charge in [-0.05, 0) is 24.3 Å². The van der Waals surface area contributed by atoms with Gasteiger partial charge in [0.1, 0.15) is 6.07 Å². The lowest BCUT2D eigenvalue weighted by atomic mass is 10.2. The highest BCUT2D eigenvalue weighted by Crippen LogP contribution is 2.17. The molecule has 0 fully saturated rings. The first-order chi connectivity index (χ1) is 5.38. The molecule has 0 saturated carbocycles. The number of unbranched alkanes of at least 4 members (excludes halogenated alkanes) is 1. The Bertz CT molecular complexity index is 257. The van der Waals surface area contributed by atoms with Gasteiger partial charge in [0.05, 0.1) is 5.56 Å². The van der Waals surface area contributed by atoms with Crippen LogP contribution in [0.25, 0.3) is 0 Å². The molecule has 0 atom stereocenters. The summed E-state index contributed by atoms with van der Waals surface area (Å²) in [5.41, 5.74) is 0.864. The fraction of sp³-hybridized carbons (Fsp3) is 0.444. The Morgan fingerprint density at radius 1 is 1.64 bits per heavy atom. The van der Waals surface area contributed by atoms with Crippen LogP contribution in [0.4, 0.5) is 0 Å². The molecule has 0 saturated heterocycles. The minimum Gasteiger partial charge on any atom is -0.192 e. The first-order valence-electron chi connectivity index (χ1n) is 3.85. The zero-order valence-electron chi connectivity index (χ0n) is 6.63. The molecular formula is C9H11NS.